The van der Waals surface area contributed by atoms with E-state index in [1.807, 2.05) is 18.2 Å². The highest BCUT2D eigenvalue weighted by Gasteiger charge is 2.22. The summed E-state index contributed by atoms with van der Waals surface area (Å²) in [7, 11) is 1.62. The lowest BCUT2D eigenvalue weighted by Crippen LogP contribution is -2.22. The Balaban J connectivity index is 1.98. The van der Waals surface area contributed by atoms with Crippen molar-refractivity contribution in [1.82, 2.24) is 9.78 Å². The van der Waals surface area contributed by atoms with Gasteiger partial charge in [0.25, 0.3) is 5.56 Å². The second-order valence-electron chi connectivity index (χ2n) is 5.15. The van der Waals surface area contributed by atoms with Crippen LogP contribution in [0.25, 0.3) is 0 Å². The molecule has 3 rings (SSSR count). The Labute approximate surface area is 141 Å². The molecule has 2 aromatic rings. The van der Waals surface area contributed by atoms with E-state index in [1.54, 1.807) is 13.2 Å². The monoisotopic (exact) mass is 383 g/mol. The van der Waals surface area contributed by atoms with Crippen molar-refractivity contribution in [3.05, 3.63) is 49.8 Å². The van der Waals surface area contributed by atoms with E-state index >= 15 is 0 Å². The molecule has 1 aliphatic rings. The molecule has 0 bridgehead atoms. The summed E-state index contributed by atoms with van der Waals surface area (Å²) >= 11 is 9.57. The van der Waals surface area contributed by atoms with Gasteiger partial charge in [-0.15, -0.1) is 0 Å². The van der Waals surface area contributed by atoms with Crippen LogP contribution in [-0.2, 0) is 7.05 Å². The Bertz CT molecular complexity index is 763. The van der Waals surface area contributed by atoms with Gasteiger partial charge in [-0.1, -0.05) is 23.7 Å². The highest BCUT2D eigenvalue weighted by Crippen LogP contribution is 2.38. The second kappa shape index (κ2) is 6.30. The lowest BCUT2D eigenvalue weighted by atomic mass is 10.0. The molecule has 1 aromatic carbocycles. The lowest BCUT2D eigenvalue weighted by Gasteiger charge is -2.20. The molecule has 0 aliphatic carbocycles. The van der Waals surface area contributed by atoms with Crippen LogP contribution in [0.1, 0.15) is 24.4 Å². The summed E-state index contributed by atoms with van der Waals surface area (Å²) in [5.41, 5.74) is 1.49. The first-order chi connectivity index (χ1) is 10.6. The molecule has 116 valence electrons. The Morgan fingerprint density at radius 1 is 1.50 bits per heavy atom. The van der Waals surface area contributed by atoms with Crippen LogP contribution >= 0.6 is 27.5 Å². The van der Waals surface area contributed by atoms with Gasteiger partial charge in [0.15, 0.2) is 0 Å². The second-order valence-corrected chi connectivity index (χ2v) is 6.35. The molecule has 0 fully saturated rings. The van der Waals surface area contributed by atoms with Crippen LogP contribution in [0.5, 0.6) is 5.75 Å². The Hall–Kier alpha value is -1.53. The summed E-state index contributed by atoms with van der Waals surface area (Å²) in [6, 6.07) is 5.73. The van der Waals surface area contributed by atoms with Crippen molar-refractivity contribution in [3.63, 3.8) is 0 Å². The van der Waals surface area contributed by atoms with Gasteiger partial charge in [0.05, 0.1) is 29.6 Å². The molecule has 7 heteroatoms. The first-order valence-corrected chi connectivity index (χ1v) is 8.14. The Kier molecular flexibility index (Phi) is 4.40. The largest absolute Gasteiger partial charge is 0.492 e. The van der Waals surface area contributed by atoms with Gasteiger partial charge in [0, 0.05) is 12.6 Å². The fraction of sp³-hybridized carbons (Fsp3) is 0.333. The van der Waals surface area contributed by atoms with E-state index in [9.17, 15) is 4.79 Å². The van der Waals surface area contributed by atoms with Crippen molar-refractivity contribution in [2.75, 3.05) is 11.9 Å². The summed E-state index contributed by atoms with van der Waals surface area (Å²) < 4.78 is 7.51. The predicted octanol–water partition coefficient (Wildman–Crippen LogP) is 3.52. The SMILES string of the molecule is Cn1ncc(NC2CCCOc3c(Cl)cccc32)c(Br)c1=O. The molecule has 1 aliphatic heterocycles. The molecular weight excluding hydrogens is 370 g/mol. The van der Waals surface area contributed by atoms with Gasteiger partial charge in [0.2, 0.25) is 0 Å². The van der Waals surface area contributed by atoms with Gasteiger partial charge in [-0.3, -0.25) is 4.79 Å². The molecule has 0 saturated heterocycles. The molecule has 1 atom stereocenters. The first kappa shape index (κ1) is 15.4. The number of hydrogen-bond acceptors (Lipinski definition) is 4. The summed E-state index contributed by atoms with van der Waals surface area (Å²) in [6.07, 6.45) is 3.43. The van der Waals surface area contributed by atoms with Crippen LogP contribution in [-0.4, -0.2) is 16.4 Å². The zero-order valence-electron chi connectivity index (χ0n) is 12.0. The maximum Gasteiger partial charge on any atom is 0.282 e. The molecule has 1 unspecified atom stereocenters. The highest BCUT2D eigenvalue weighted by molar-refractivity contribution is 9.10. The number of aromatic nitrogens is 2. The smallest absolute Gasteiger partial charge is 0.282 e. The van der Waals surface area contributed by atoms with Crippen molar-refractivity contribution < 1.29 is 4.74 Å². The minimum absolute atomic E-state index is 0.0152. The molecule has 22 heavy (non-hydrogen) atoms. The van der Waals surface area contributed by atoms with Gasteiger partial charge >= 0.3 is 0 Å². The van der Waals surface area contributed by atoms with E-state index in [1.165, 1.54) is 4.68 Å². The van der Waals surface area contributed by atoms with Gasteiger partial charge in [-0.05, 0) is 34.8 Å². The number of anilines is 1. The topological polar surface area (TPSA) is 56.1 Å². The zero-order chi connectivity index (χ0) is 15.7. The Morgan fingerprint density at radius 3 is 3.14 bits per heavy atom. The summed E-state index contributed by atoms with van der Waals surface area (Å²) in [4.78, 5) is 12.0. The number of hydrogen-bond donors (Lipinski definition) is 1. The van der Waals surface area contributed by atoms with Crippen LogP contribution in [0.4, 0.5) is 5.69 Å². The van der Waals surface area contributed by atoms with Crippen LogP contribution < -0.4 is 15.6 Å². The van der Waals surface area contributed by atoms with E-state index in [0.29, 0.717) is 27.5 Å². The fourth-order valence-corrected chi connectivity index (χ4v) is 3.23. The van der Waals surface area contributed by atoms with E-state index < -0.39 is 0 Å². The molecule has 1 N–H and O–H groups in total. The van der Waals surface area contributed by atoms with Crippen molar-refractivity contribution in [2.24, 2.45) is 7.05 Å². The maximum absolute atomic E-state index is 12.0. The molecule has 5 nitrogen and oxygen atoms in total. The summed E-state index contributed by atoms with van der Waals surface area (Å²) in [5.74, 6) is 0.715. The maximum atomic E-state index is 12.0. The van der Waals surface area contributed by atoms with Crippen molar-refractivity contribution in [3.8, 4) is 5.75 Å². The molecule has 0 radical (unpaired) electrons. The number of para-hydroxylation sites is 1. The minimum atomic E-state index is -0.179. The molecule has 1 aromatic heterocycles. The fourth-order valence-electron chi connectivity index (χ4n) is 2.52. The number of nitrogens with one attached hydrogen (secondary N) is 1. The normalized spacial score (nSPS) is 17.3. The molecule has 0 saturated carbocycles. The summed E-state index contributed by atoms with van der Waals surface area (Å²) in [5, 5.41) is 8.04. The lowest BCUT2D eigenvalue weighted by molar-refractivity contribution is 0.316. The van der Waals surface area contributed by atoms with E-state index in [-0.39, 0.29) is 11.6 Å². The number of aryl methyl sites for hydroxylation is 1. The van der Waals surface area contributed by atoms with E-state index in [4.69, 9.17) is 16.3 Å². The van der Waals surface area contributed by atoms with Crippen molar-refractivity contribution in [1.29, 1.82) is 0 Å². The number of fused-ring (bicyclic) bond motifs is 1. The molecule has 2 heterocycles. The molecule has 0 amide bonds. The highest BCUT2D eigenvalue weighted by atomic mass is 79.9. The van der Waals surface area contributed by atoms with Crippen LogP contribution in [0.15, 0.2) is 33.7 Å². The Morgan fingerprint density at radius 2 is 2.32 bits per heavy atom. The van der Waals surface area contributed by atoms with Crippen LogP contribution in [0.3, 0.4) is 0 Å². The number of rotatable bonds is 2. The van der Waals surface area contributed by atoms with Gasteiger partial charge in [-0.2, -0.15) is 5.10 Å². The number of ether oxygens (including phenoxy) is 1. The third kappa shape index (κ3) is 2.85. The van der Waals surface area contributed by atoms with Crippen LogP contribution in [0, 0.1) is 0 Å². The van der Waals surface area contributed by atoms with Gasteiger partial charge in [-0.25, -0.2) is 4.68 Å². The van der Waals surface area contributed by atoms with Crippen molar-refractivity contribution in [2.45, 2.75) is 18.9 Å². The first-order valence-electron chi connectivity index (χ1n) is 6.97. The molecular formula is C15H15BrClN3O2. The quantitative estimate of drug-likeness (QED) is 0.861. The predicted molar refractivity (Wildman–Crippen MR) is 89.7 cm³/mol. The van der Waals surface area contributed by atoms with Gasteiger partial charge < -0.3 is 10.1 Å². The minimum Gasteiger partial charge on any atom is -0.492 e. The number of benzene rings is 1. The van der Waals surface area contributed by atoms with E-state index in [2.05, 4.69) is 26.3 Å². The zero-order valence-corrected chi connectivity index (χ0v) is 14.3. The third-order valence-corrected chi connectivity index (χ3v) is 4.73. The third-order valence-electron chi connectivity index (χ3n) is 3.66. The average molecular weight is 385 g/mol. The molecule has 0 spiro atoms. The summed E-state index contributed by atoms with van der Waals surface area (Å²) in [6.45, 7) is 0.630. The number of nitrogens with zero attached hydrogens (tertiary/aromatic N) is 2. The number of halogens is 2. The van der Waals surface area contributed by atoms with E-state index in [0.717, 1.165) is 18.4 Å². The van der Waals surface area contributed by atoms with Crippen LogP contribution in [0.2, 0.25) is 5.02 Å². The average Bonchev–Trinajstić information content (AvgIpc) is 2.72. The van der Waals surface area contributed by atoms with Crippen molar-refractivity contribution >= 4 is 33.2 Å². The standard InChI is InChI=1S/C15H15BrClN3O2/c1-20-15(21)13(16)12(8-18-20)19-11-6-3-7-22-14-9(11)4-2-5-10(14)17/h2,4-5,8,11,19H,3,6-7H2,1H3. The van der Waals surface area contributed by atoms with Gasteiger partial charge in [0.1, 0.15) is 10.2 Å².